The second-order valence-electron chi connectivity index (χ2n) is 2.32. The molecule has 4 heteroatoms. The van der Waals surface area contributed by atoms with Crippen molar-refractivity contribution in [3.63, 3.8) is 0 Å². The Kier molecular flexibility index (Phi) is 2.88. The van der Waals surface area contributed by atoms with Gasteiger partial charge in [-0.3, -0.25) is 0 Å². The Morgan fingerprint density at radius 2 is 2.58 bits per heavy atom. The van der Waals surface area contributed by atoms with Crippen molar-refractivity contribution in [3.8, 4) is 0 Å². The van der Waals surface area contributed by atoms with Crippen LogP contribution in [0.4, 0.5) is 0 Å². The highest BCUT2D eigenvalue weighted by atomic mass is 16.5. The minimum absolute atomic E-state index is 0.152. The van der Waals surface area contributed by atoms with E-state index in [1.807, 2.05) is 0 Å². The highest BCUT2D eigenvalue weighted by Gasteiger charge is 2.16. The number of hydrogen-bond acceptors (Lipinski definition) is 4. The molecular weight excluding hydrogens is 160 g/mol. The second-order valence-corrected chi connectivity index (χ2v) is 2.32. The van der Waals surface area contributed by atoms with Gasteiger partial charge in [-0.2, -0.15) is 0 Å². The van der Waals surface area contributed by atoms with Gasteiger partial charge in [-0.1, -0.05) is 0 Å². The van der Waals surface area contributed by atoms with Crippen molar-refractivity contribution in [3.05, 3.63) is 24.2 Å². The average molecular weight is 170 g/mol. The van der Waals surface area contributed by atoms with Crippen LogP contribution in [0.3, 0.4) is 0 Å². The Morgan fingerprint density at radius 3 is 3.08 bits per heavy atom. The van der Waals surface area contributed by atoms with Gasteiger partial charge in [-0.15, -0.1) is 0 Å². The van der Waals surface area contributed by atoms with Crippen LogP contribution in [0.2, 0.25) is 0 Å². The van der Waals surface area contributed by atoms with Crippen molar-refractivity contribution in [2.24, 2.45) is 0 Å². The van der Waals surface area contributed by atoms with E-state index < -0.39 is 12.1 Å². The first-order valence-corrected chi connectivity index (χ1v) is 3.52. The van der Waals surface area contributed by atoms with Crippen LogP contribution in [0.5, 0.6) is 0 Å². The Balaban J connectivity index is 2.47. The smallest absolute Gasteiger partial charge is 0.335 e. The standard InChI is InChI=1S/C8H10O4/c1-11-8(10)7(9)5-6-3-2-4-12-6/h2-4,7,9H,5H2,1H3. The molecule has 1 rings (SSSR count). The molecule has 1 aromatic rings. The molecule has 4 nitrogen and oxygen atoms in total. The third-order valence-electron chi connectivity index (χ3n) is 1.45. The van der Waals surface area contributed by atoms with Gasteiger partial charge >= 0.3 is 5.97 Å². The SMILES string of the molecule is COC(=O)C(O)Cc1ccco1. The molecule has 1 heterocycles. The molecule has 0 saturated carbocycles. The number of hydrogen-bond donors (Lipinski definition) is 1. The van der Waals surface area contributed by atoms with E-state index in [0.29, 0.717) is 5.76 Å². The van der Waals surface area contributed by atoms with E-state index in [4.69, 9.17) is 9.52 Å². The molecule has 12 heavy (non-hydrogen) atoms. The molecule has 1 N–H and O–H groups in total. The topological polar surface area (TPSA) is 59.7 Å². The molecule has 0 bridgehead atoms. The highest BCUT2D eigenvalue weighted by molar-refractivity contribution is 5.74. The number of furan rings is 1. The fourth-order valence-corrected chi connectivity index (χ4v) is 0.839. The van der Waals surface area contributed by atoms with Crippen LogP contribution in [-0.2, 0) is 16.0 Å². The number of rotatable bonds is 3. The van der Waals surface area contributed by atoms with E-state index in [0.717, 1.165) is 0 Å². The molecular formula is C8H10O4. The van der Waals surface area contributed by atoms with Gasteiger partial charge in [0.1, 0.15) is 5.76 Å². The quantitative estimate of drug-likeness (QED) is 0.665. The van der Waals surface area contributed by atoms with Gasteiger partial charge in [0.2, 0.25) is 0 Å². The minimum atomic E-state index is -1.14. The van der Waals surface area contributed by atoms with Crippen molar-refractivity contribution in [1.29, 1.82) is 0 Å². The predicted octanol–water partition coefficient (Wildman–Crippen LogP) is 0.356. The third kappa shape index (κ3) is 2.10. The van der Waals surface area contributed by atoms with Gasteiger partial charge in [-0.05, 0) is 12.1 Å². The van der Waals surface area contributed by atoms with Crippen molar-refractivity contribution in [2.45, 2.75) is 12.5 Å². The maximum Gasteiger partial charge on any atom is 0.335 e. The molecule has 0 aliphatic carbocycles. The number of carbonyl (C=O) groups is 1. The molecule has 0 aliphatic rings. The number of aliphatic hydroxyl groups excluding tert-OH is 1. The van der Waals surface area contributed by atoms with Crippen LogP contribution < -0.4 is 0 Å². The molecule has 66 valence electrons. The minimum Gasteiger partial charge on any atom is -0.469 e. The normalized spacial score (nSPS) is 12.5. The maximum absolute atomic E-state index is 10.7. The van der Waals surface area contributed by atoms with E-state index in [9.17, 15) is 4.79 Å². The lowest BCUT2D eigenvalue weighted by molar-refractivity contribution is -0.150. The van der Waals surface area contributed by atoms with E-state index in [-0.39, 0.29) is 6.42 Å². The summed E-state index contributed by atoms with van der Waals surface area (Å²) in [6, 6.07) is 3.38. The summed E-state index contributed by atoms with van der Waals surface area (Å²) in [7, 11) is 1.23. The van der Waals surface area contributed by atoms with Crippen LogP contribution >= 0.6 is 0 Å². The average Bonchev–Trinajstić information content (AvgIpc) is 2.55. The summed E-state index contributed by atoms with van der Waals surface area (Å²) in [5.41, 5.74) is 0. The van der Waals surface area contributed by atoms with Crippen LogP contribution in [0.25, 0.3) is 0 Å². The summed E-state index contributed by atoms with van der Waals surface area (Å²) in [4.78, 5) is 10.7. The second kappa shape index (κ2) is 3.92. The summed E-state index contributed by atoms with van der Waals surface area (Å²) in [6.07, 6.45) is 0.500. The fraction of sp³-hybridized carbons (Fsp3) is 0.375. The summed E-state index contributed by atoms with van der Waals surface area (Å²) in [5, 5.41) is 9.15. The molecule has 0 radical (unpaired) electrons. The van der Waals surface area contributed by atoms with Gasteiger partial charge in [0.25, 0.3) is 0 Å². The first kappa shape index (κ1) is 8.80. The van der Waals surface area contributed by atoms with E-state index in [1.165, 1.54) is 13.4 Å². The molecule has 1 unspecified atom stereocenters. The maximum atomic E-state index is 10.7. The lowest BCUT2D eigenvalue weighted by atomic mass is 10.2. The zero-order valence-electron chi connectivity index (χ0n) is 6.69. The molecule has 0 spiro atoms. The molecule has 0 saturated heterocycles. The first-order valence-electron chi connectivity index (χ1n) is 3.52. The van der Waals surface area contributed by atoms with E-state index >= 15 is 0 Å². The first-order chi connectivity index (χ1) is 5.74. The van der Waals surface area contributed by atoms with E-state index in [1.54, 1.807) is 12.1 Å². The zero-order chi connectivity index (χ0) is 8.97. The number of aliphatic hydroxyl groups is 1. The summed E-state index contributed by atoms with van der Waals surface area (Å²) in [6.45, 7) is 0. The van der Waals surface area contributed by atoms with Crippen molar-refractivity contribution in [2.75, 3.05) is 7.11 Å². The van der Waals surface area contributed by atoms with Gasteiger partial charge in [0, 0.05) is 6.42 Å². The van der Waals surface area contributed by atoms with Crippen LogP contribution in [0, 0.1) is 0 Å². The lowest BCUT2D eigenvalue weighted by Crippen LogP contribution is -2.23. The Labute approximate surface area is 69.8 Å². The van der Waals surface area contributed by atoms with Gasteiger partial charge in [0.05, 0.1) is 13.4 Å². The van der Waals surface area contributed by atoms with Crippen LogP contribution in [-0.4, -0.2) is 24.3 Å². The summed E-state index contributed by atoms with van der Waals surface area (Å²) < 4.78 is 9.26. The molecule has 0 fully saturated rings. The van der Waals surface area contributed by atoms with Crippen LogP contribution in [0.15, 0.2) is 22.8 Å². The largest absolute Gasteiger partial charge is 0.469 e. The van der Waals surface area contributed by atoms with E-state index in [2.05, 4.69) is 4.74 Å². The lowest BCUT2D eigenvalue weighted by Gasteiger charge is -2.04. The molecule has 0 aromatic carbocycles. The van der Waals surface area contributed by atoms with Crippen LogP contribution in [0.1, 0.15) is 5.76 Å². The number of carbonyl (C=O) groups excluding carboxylic acids is 1. The van der Waals surface area contributed by atoms with Crippen molar-refractivity contribution < 1.29 is 19.1 Å². The zero-order valence-corrected chi connectivity index (χ0v) is 6.69. The van der Waals surface area contributed by atoms with Gasteiger partial charge < -0.3 is 14.3 Å². The number of ether oxygens (including phenoxy) is 1. The van der Waals surface area contributed by atoms with Crippen molar-refractivity contribution in [1.82, 2.24) is 0 Å². The molecule has 0 aliphatic heterocycles. The monoisotopic (exact) mass is 170 g/mol. The third-order valence-corrected chi connectivity index (χ3v) is 1.45. The molecule has 1 atom stereocenters. The summed E-state index contributed by atoms with van der Waals surface area (Å²) >= 11 is 0. The van der Waals surface area contributed by atoms with Crippen molar-refractivity contribution >= 4 is 5.97 Å². The summed E-state index contributed by atoms with van der Waals surface area (Å²) in [5.74, 6) is -0.0840. The Hall–Kier alpha value is -1.29. The van der Waals surface area contributed by atoms with Gasteiger partial charge in [0.15, 0.2) is 6.10 Å². The molecule has 1 aromatic heterocycles. The predicted molar refractivity (Wildman–Crippen MR) is 40.4 cm³/mol. The fourth-order valence-electron chi connectivity index (χ4n) is 0.839. The Morgan fingerprint density at radius 1 is 1.83 bits per heavy atom. The van der Waals surface area contributed by atoms with Gasteiger partial charge in [-0.25, -0.2) is 4.79 Å². The molecule has 0 amide bonds. The number of esters is 1. The Bertz CT molecular complexity index is 240. The number of methoxy groups -OCH3 is 1. The highest BCUT2D eigenvalue weighted by Crippen LogP contribution is 2.04.